The van der Waals surface area contributed by atoms with Gasteiger partial charge in [-0.3, -0.25) is 5.01 Å². The third kappa shape index (κ3) is 0.956. The lowest BCUT2D eigenvalue weighted by atomic mass is 11.0. The molecule has 38 valence electrons. The molecule has 1 heterocycles. The fourth-order valence-corrected chi connectivity index (χ4v) is 0.312. The largest absolute Gasteiger partial charge is 0.275 e. The van der Waals surface area contributed by atoms with Crippen LogP contribution in [0.25, 0.3) is 0 Å². The molecule has 0 aromatic carbocycles. The van der Waals surface area contributed by atoms with E-state index in [1.807, 2.05) is 7.05 Å². The second kappa shape index (κ2) is 1.68. The highest BCUT2D eigenvalue weighted by atomic mass is 15.5. The summed E-state index contributed by atoms with van der Waals surface area (Å²) in [4.78, 5) is 0. The number of hydrogen-bond acceptors (Lipinski definition) is 4. The fourth-order valence-electron chi connectivity index (χ4n) is 0.312. The third-order valence-electron chi connectivity index (χ3n) is 0.650. The molecule has 1 aliphatic rings. The first kappa shape index (κ1) is 4.23. The van der Waals surface area contributed by atoms with Gasteiger partial charge in [0.25, 0.3) is 0 Å². The van der Waals surface area contributed by atoms with Crippen molar-refractivity contribution in [2.45, 2.75) is 0 Å². The smallest absolute Gasteiger partial charge is 0.157 e. The van der Waals surface area contributed by atoms with Gasteiger partial charge in [-0.05, 0) is 0 Å². The zero-order valence-electron chi connectivity index (χ0n) is 4.07. The molecule has 0 aliphatic carbocycles. The Labute approximate surface area is 41.5 Å². The normalized spacial score (nSPS) is 18.1. The van der Waals surface area contributed by atoms with Crippen molar-refractivity contribution in [1.82, 2.24) is 5.01 Å². The van der Waals surface area contributed by atoms with Crippen molar-refractivity contribution in [2.24, 2.45) is 15.3 Å². The van der Waals surface area contributed by atoms with Gasteiger partial charge in [-0.1, -0.05) is 0 Å². The lowest BCUT2D eigenvalue weighted by Crippen LogP contribution is -2.12. The van der Waals surface area contributed by atoms with Crippen LogP contribution >= 0.6 is 0 Å². The molecule has 1 aliphatic heterocycles. The van der Waals surface area contributed by atoms with E-state index in [1.54, 1.807) is 5.01 Å². The highest BCUT2D eigenvalue weighted by Gasteiger charge is 1.89. The maximum Gasteiger partial charge on any atom is 0.157 e. The van der Waals surface area contributed by atoms with E-state index in [0.717, 1.165) is 0 Å². The summed E-state index contributed by atoms with van der Waals surface area (Å²) >= 11 is 0. The Kier molecular flexibility index (Phi) is 1.02. The first-order chi connectivity index (χ1) is 3.39. The van der Waals surface area contributed by atoms with Crippen LogP contribution in [0, 0.1) is 0 Å². The van der Waals surface area contributed by atoms with Gasteiger partial charge in [0, 0.05) is 7.05 Å². The molecule has 0 aromatic heterocycles. The molecule has 0 fully saturated rings. The van der Waals surface area contributed by atoms with E-state index >= 15 is 0 Å². The van der Waals surface area contributed by atoms with Gasteiger partial charge in [0.2, 0.25) is 0 Å². The van der Waals surface area contributed by atoms with Crippen LogP contribution in [0.15, 0.2) is 15.3 Å². The Morgan fingerprint density at radius 2 is 2.57 bits per heavy atom. The number of hydrogen-bond donors (Lipinski definition) is 0. The molecular formula is C3H6N4. The Balaban J connectivity index is 2.49. The molecule has 0 N–H and O–H groups in total. The Bertz CT molecular complexity index is 106. The van der Waals surface area contributed by atoms with E-state index < -0.39 is 0 Å². The van der Waals surface area contributed by atoms with Crippen LogP contribution in [0.3, 0.4) is 0 Å². The van der Waals surface area contributed by atoms with Gasteiger partial charge >= 0.3 is 0 Å². The molecule has 1 rings (SSSR count). The molecule has 0 atom stereocenters. The topological polar surface area (TPSA) is 40.3 Å². The van der Waals surface area contributed by atoms with E-state index in [-0.39, 0.29) is 0 Å². The zero-order chi connectivity index (χ0) is 5.11. The predicted molar refractivity (Wildman–Crippen MR) is 26.0 cm³/mol. The van der Waals surface area contributed by atoms with Gasteiger partial charge < -0.3 is 0 Å². The van der Waals surface area contributed by atoms with Gasteiger partial charge in [-0.25, -0.2) is 0 Å². The van der Waals surface area contributed by atoms with Crippen molar-refractivity contribution in [1.29, 1.82) is 0 Å². The molecule has 0 saturated carbocycles. The van der Waals surface area contributed by atoms with Crippen molar-refractivity contribution in [3.05, 3.63) is 0 Å². The van der Waals surface area contributed by atoms with Crippen LogP contribution in [0.2, 0.25) is 0 Å². The van der Waals surface area contributed by atoms with E-state index in [9.17, 15) is 0 Å². The van der Waals surface area contributed by atoms with Gasteiger partial charge in [-0.15, -0.1) is 5.11 Å². The van der Waals surface area contributed by atoms with Crippen molar-refractivity contribution in [2.75, 3.05) is 13.7 Å². The third-order valence-corrected chi connectivity index (χ3v) is 0.650. The summed E-state index contributed by atoms with van der Waals surface area (Å²) in [6, 6.07) is 0. The average molecular weight is 98.1 g/mol. The Hall–Kier alpha value is -0.930. The summed E-state index contributed by atoms with van der Waals surface area (Å²) in [6.07, 6.45) is 1.42. The molecule has 7 heavy (non-hydrogen) atoms. The minimum Gasteiger partial charge on any atom is -0.275 e. The van der Waals surface area contributed by atoms with Crippen LogP contribution in [-0.4, -0.2) is 25.1 Å². The number of hydrazone groups is 1. The van der Waals surface area contributed by atoms with Crippen molar-refractivity contribution >= 4 is 6.34 Å². The summed E-state index contributed by atoms with van der Waals surface area (Å²) in [6.45, 7) is 0.580. The van der Waals surface area contributed by atoms with Crippen LogP contribution in [0.1, 0.15) is 0 Å². The van der Waals surface area contributed by atoms with Crippen LogP contribution < -0.4 is 0 Å². The summed E-state index contributed by atoms with van der Waals surface area (Å²) in [5.74, 6) is 0. The van der Waals surface area contributed by atoms with Crippen molar-refractivity contribution in [3.63, 3.8) is 0 Å². The Morgan fingerprint density at radius 1 is 1.71 bits per heavy atom. The van der Waals surface area contributed by atoms with Crippen LogP contribution in [-0.2, 0) is 0 Å². The second-order valence-corrected chi connectivity index (χ2v) is 1.29. The minimum absolute atomic E-state index is 0.580. The summed E-state index contributed by atoms with van der Waals surface area (Å²) in [7, 11) is 1.84. The van der Waals surface area contributed by atoms with E-state index in [2.05, 4.69) is 15.3 Å². The van der Waals surface area contributed by atoms with Gasteiger partial charge in [-0.2, -0.15) is 10.2 Å². The molecular weight excluding hydrogens is 92.1 g/mol. The van der Waals surface area contributed by atoms with E-state index in [0.29, 0.717) is 6.67 Å². The molecule has 4 heteroatoms. The second-order valence-electron chi connectivity index (χ2n) is 1.29. The average Bonchev–Trinajstić information content (AvgIpc) is 1.69. The number of nitrogens with zero attached hydrogens (tertiary/aromatic N) is 4. The van der Waals surface area contributed by atoms with Gasteiger partial charge in [0.05, 0.1) is 0 Å². The first-order valence-electron chi connectivity index (χ1n) is 2.00. The maximum atomic E-state index is 3.78. The molecule has 4 nitrogen and oxygen atoms in total. The van der Waals surface area contributed by atoms with Gasteiger partial charge in [0.15, 0.2) is 6.34 Å². The molecule has 0 unspecified atom stereocenters. The molecule has 0 amide bonds. The Morgan fingerprint density at radius 3 is 2.86 bits per heavy atom. The summed E-state index contributed by atoms with van der Waals surface area (Å²) in [5.41, 5.74) is 0. The summed E-state index contributed by atoms with van der Waals surface area (Å²) < 4.78 is 0. The highest BCUT2D eigenvalue weighted by Crippen LogP contribution is 1.88. The fraction of sp³-hybridized carbons (Fsp3) is 0.667. The van der Waals surface area contributed by atoms with Gasteiger partial charge in [0.1, 0.15) is 6.67 Å². The maximum absolute atomic E-state index is 3.78. The first-order valence-corrected chi connectivity index (χ1v) is 2.00. The van der Waals surface area contributed by atoms with Crippen LogP contribution in [0.4, 0.5) is 0 Å². The molecule has 0 radical (unpaired) electrons. The molecule has 0 saturated heterocycles. The van der Waals surface area contributed by atoms with E-state index in [1.165, 1.54) is 6.34 Å². The minimum atomic E-state index is 0.580. The molecule has 0 bridgehead atoms. The quantitative estimate of drug-likeness (QED) is 0.429. The monoisotopic (exact) mass is 98.1 g/mol. The zero-order valence-corrected chi connectivity index (χ0v) is 4.07. The highest BCUT2D eigenvalue weighted by molar-refractivity contribution is 5.54. The van der Waals surface area contributed by atoms with Crippen molar-refractivity contribution in [3.8, 4) is 0 Å². The summed E-state index contributed by atoms with van der Waals surface area (Å²) in [5, 5.41) is 12.7. The lowest BCUT2D eigenvalue weighted by molar-refractivity contribution is 0.353. The number of rotatable bonds is 0. The predicted octanol–water partition coefficient (Wildman–Crippen LogP) is 0.285. The standard InChI is InChI=1S/C3H6N4/c1-7-3-5-4-2-6-7/h2H,3H2,1H3. The van der Waals surface area contributed by atoms with Crippen LogP contribution in [0.5, 0.6) is 0 Å². The molecule has 0 aromatic rings. The number of azo groups is 1. The molecule has 0 spiro atoms. The van der Waals surface area contributed by atoms with Crippen molar-refractivity contribution < 1.29 is 0 Å². The van der Waals surface area contributed by atoms with E-state index in [4.69, 9.17) is 0 Å². The lowest BCUT2D eigenvalue weighted by Gasteiger charge is -2.08. The SMILES string of the molecule is CN1CN=NC=N1.